The van der Waals surface area contributed by atoms with Crippen LogP contribution < -0.4 is 5.73 Å². The molecular weight excluding hydrogens is 278 g/mol. The third kappa shape index (κ3) is 2.28. The van der Waals surface area contributed by atoms with Crippen LogP contribution in [0.5, 0.6) is 0 Å². The number of thiazole rings is 1. The smallest absolute Gasteiger partial charge is 0.181 e. The van der Waals surface area contributed by atoms with Crippen molar-refractivity contribution in [2.45, 2.75) is 0 Å². The summed E-state index contributed by atoms with van der Waals surface area (Å²) in [6, 6.07) is 13.3. The van der Waals surface area contributed by atoms with E-state index in [-0.39, 0.29) is 0 Å². The van der Waals surface area contributed by atoms with E-state index in [1.807, 2.05) is 30.3 Å². The van der Waals surface area contributed by atoms with Crippen LogP contribution in [0.1, 0.15) is 0 Å². The molecule has 0 aliphatic heterocycles. The van der Waals surface area contributed by atoms with Gasteiger partial charge < -0.3 is 5.73 Å². The van der Waals surface area contributed by atoms with Crippen molar-refractivity contribution < 1.29 is 8.78 Å². The van der Waals surface area contributed by atoms with E-state index in [0.29, 0.717) is 16.4 Å². The number of anilines is 1. The molecule has 0 aliphatic rings. The fraction of sp³-hybridized carbons (Fsp3) is 0. The number of halogens is 2. The van der Waals surface area contributed by atoms with Crippen LogP contribution in [0.4, 0.5) is 13.9 Å². The molecule has 2 nitrogen and oxygen atoms in total. The van der Waals surface area contributed by atoms with E-state index >= 15 is 0 Å². The molecule has 0 radical (unpaired) electrons. The summed E-state index contributed by atoms with van der Waals surface area (Å²) in [5.74, 6) is -1.77. The number of hydrogen-bond acceptors (Lipinski definition) is 3. The summed E-state index contributed by atoms with van der Waals surface area (Å²) < 4.78 is 26.4. The van der Waals surface area contributed by atoms with Gasteiger partial charge in [-0.25, -0.2) is 13.8 Å². The van der Waals surface area contributed by atoms with E-state index in [1.165, 1.54) is 17.4 Å². The first-order chi connectivity index (χ1) is 9.65. The highest BCUT2D eigenvalue weighted by Gasteiger charge is 2.15. The van der Waals surface area contributed by atoms with Crippen molar-refractivity contribution in [3.05, 3.63) is 60.2 Å². The summed E-state index contributed by atoms with van der Waals surface area (Å²) in [4.78, 5) is 5.08. The summed E-state index contributed by atoms with van der Waals surface area (Å²) in [7, 11) is 0. The van der Waals surface area contributed by atoms with Crippen LogP contribution in [0.2, 0.25) is 0 Å². The maximum absolute atomic E-state index is 13.4. The van der Waals surface area contributed by atoms with Crippen LogP contribution in [-0.4, -0.2) is 4.98 Å². The Labute approximate surface area is 118 Å². The molecule has 20 heavy (non-hydrogen) atoms. The van der Waals surface area contributed by atoms with Gasteiger partial charge in [0.15, 0.2) is 16.8 Å². The fourth-order valence-electron chi connectivity index (χ4n) is 1.96. The van der Waals surface area contributed by atoms with Crippen molar-refractivity contribution in [2.75, 3.05) is 5.73 Å². The Kier molecular flexibility index (Phi) is 3.20. The molecular formula is C15H10F2N2S. The third-order valence-electron chi connectivity index (χ3n) is 2.87. The standard InChI is InChI=1S/C15H10F2N2S/c16-11-7-6-10(8-12(11)17)13-14(20-15(18)19-13)9-4-2-1-3-5-9/h1-8H,(H2,18,19). The van der Waals surface area contributed by atoms with Gasteiger partial charge in [-0.3, -0.25) is 0 Å². The van der Waals surface area contributed by atoms with Crippen molar-refractivity contribution >= 4 is 16.5 Å². The Bertz CT molecular complexity index is 754. The Morgan fingerprint density at radius 1 is 0.900 bits per heavy atom. The third-order valence-corrected chi connectivity index (χ3v) is 3.81. The van der Waals surface area contributed by atoms with Gasteiger partial charge in [0.2, 0.25) is 0 Å². The minimum Gasteiger partial charge on any atom is -0.375 e. The molecule has 2 aromatic carbocycles. The average Bonchev–Trinajstić information content (AvgIpc) is 2.85. The van der Waals surface area contributed by atoms with Crippen molar-refractivity contribution in [3.63, 3.8) is 0 Å². The molecule has 0 saturated heterocycles. The van der Waals surface area contributed by atoms with E-state index in [0.717, 1.165) is 22.6 Å². The topological polar surface area (TPSA) is 38.9 Å². The Morgan fingerprint density at radius 2 is 1.65 bits per heavy atom. The summed E-state index contributed by atoms with van der Waals surface area (Å²) in [6.07, 6.45) is 0. The first-order valence-corrected chi connectivity index (χ1v) is 6.74. The summed E-state index contributed by atoms with van der Waals surface area (Å²) in [5, 5.41) is 0.392. The molecule has 1 heterocycles. The van der Waals surface area contributed by atoms with Crippen LogP contribution in [-0.2, 0) is 0 Å². The fourth-order valence-corrected chi connectivity index (χ4v) is 2.82. The van der Waals surface area contributed by atoms with Crippen molar-refractivity contribution in [1.82, 2.24) is 4.98 Å². The zero-order valence-corrected chi connectivity index (χ0v) is 11.1. The minimum absolute atomic E-state index is 0.392. The van der Waals surface area contributed by atoms with Crippen LogP contribution in [0.15, 0.2) is 48.5 Å². The van der Waals surface area contributed by atoms with Gasteiger partial charge in [0, 0.05) is 5.56 Å². The maximum atomic E-state index is 13.4. The monoisotopic (exact) mass is 288 g/mol. The van der Waals surface area contributed by atoms with Crippen molar-refractivity contribution in [2.24, 2.45) is 0 Å². The van der Waals surface area contributed by atoms with Gasteiger partial charge in [-0.2, -0.15) is 0 Å². The molecule has 0 spiro atoms. The molecule has 100 valence electrons. The minimum atomic E-state index is -0.895. The SMILES string of the molecule is Nc1nc(-c2ccc(F)c(F)c2)c(-c2ccccc2)s1. The highest BCUT2D eigenvalue weighted by atomic mass is 32.1. The number of benzene rings is 2. The van der Waals surface area contributed by atoms with E-state index in [4.69, 9.17) is 5.73 Å². The number of nitrogens with two attached hydrogens (primary N) is 1. The van der Waals surface area contributed by atoms with Gasteiger partial charge >= 0.3 is 0 Å². The molecule has 0 bridgehead atoms. The summed E-state index contributed by atoms with van der Waals surface area (Å²) in [5.41, 5.74) is 7.78. The summed E-state index contributed by atoms with van der Waals surface area (Å²) >= 11 is 1.32. The number of nitrogen functional groups attached to an aromatic ring is 1. The molecule has 0 saturated carbocycles. The Balaban J connectivity index is 2.17. The summed E-state index contributed by atoms with van der Waals surface area (Å²) in [6.45, 7) is 0. The van der Waals surface area contributed by atoms with E-state index in [9.17, 15) is 8.78 Å². The largest absolute Gasteiger partial charge is 0.375 e. The second-order valence-electron chi connectivity index (χ2n) is 4.22. The molecule has 0 fully saturated rings. The Morgan fingerprint density at radius 3 is 2.35 bits per heavy atom. The van der Waals surface area contributed by atoms with Crippen molar-refractivity contribution in [1.29, 1.82) is 0 Å². The molecule has 2 N–H and O–H groups in total. The lowest BCUT2D eigenvalue weighted by molar-refractivity contribution is 0.509. The van der Waals surface area contributed by atoms with Gasteiger partial charge in [-0.1, -0.05) is 41.7 Å². The molecule has 0 aliphatic carbocycles. The molecule has 1 aromatic heterocycles. The van der Waals surface area contributed by atoms with Crippen molar-refractivity contribution in [3.8, 4) is 21.7 Å². The van der Waals surface area contributed by atoms with Gasteiger partial charge in [0.05, 0.1) is 10.6 Å². The number of aromatic nitrogens is 1. The predicted molar refractivity (Wildman–Crippen MR) is 77.3 cm³/mol. The van der Waals surface area contributed by atoms with Gasteiger partial charge in [-0.15, -0.1) is 0 Å². The molecule has 0 amide bonds. The van der Waals surface area contributed by atoms with Crippen LogP contribution in [0, 0.1) is 11.6 Å². The van der Waals surface area contributed by atoms with E-state index in [1.54, 1.807) is 0 Å². The van der Waals surface area contributed by atoms with E-state index < -0.39 is 11.6 Å². The van der Waals surface area contributed by atoms with Crippen LogP contribution >= 0.6 is 11.3 Å². The number of nitrogens with zero attached hydrogens (tertiary/aromatic N) is 1. The predicted octanol–water partition coefficient (Wildman–Crippen LogP) is 4.34. The lowest BCUT2D eigenvalue weighted by Crippen LogP contribution is -1.88. The second kappa shape index (κ2) is 5.02. The highest BCUT2D eigenvalue weighted by Crippen LogP contribution is 2.38. The van der Waals surface area contributed by atoms with Crippen LogP contribution in [0.25, 0.3) is 21.7 Å². The number of hydrogen-bond donors (Lipinski definition) is 1. The lowest BCUT2D eigenvalue weighted by atomic mass is 10.1. The quantitative estimate of drug-likeness (QED) is 0.762. The van der Waals surface area contributed by atoms with Gasteiger partial charge in [-0.05, 0) is 23.8 Å². The first-order valence-electron chi connectivity index (χ1n) is 5.92. The van der Waals surface area contributed by atoms with Gasteiger partial charge in [0.1, 0.15) is 0 Å². The highest BCUT2D eigenvalue weighted by molar-refractivity contribution is 7.19. The zero-order valence-electron chi connectivity index (χ0n) is 10.3. The normalized spacial score (nSPS) is 10.7. The molecule has 0 atom stereocenters. The molecule has 3 rings (SSSR count). The van der Waals surface area contributed by atoms with Crippen LogP contribution in [0.3, 0.4) is 0 Å². The second-order valence-corrected chi connectivity index (χ2v) is 5.26. The molecule has 0 unspecified atom stereocenters. The molecule has 5 heteroatoms. The van der Waals surface area contributed by atoms with E-state index in [2.05, 4.69) is 4.98 Å². The average molecular weight is 288 g/mol. The Hall–Kier alpha value is -2.27. The maximum Gasteiger partial charge on any atom is 0.181 e. The zero-order chi connectivity index (χ0) is 14.1. The first kappa shape index (κ1) is 12.7. The lowest BCUT2D eigenvalue weighted by Gasteiger charge is -2.03. The van der Waals surface area contributed by atoms with Gasteiger partial charge in [0.25, 0.3) is 0 Å². The molecule has 3 aromatic rings. The number of rotatable bonds is 2.